The number of rotatable bonds is 7. The summed E-state index contributed by atoms with van der Waals surface area (Å²) in [5, 5.41) is 3.17. The van der Waals surface area contributed by atoms with E-state index in [0.29, 0.717) is 30.1 Å². The maximum Gasteiger partial charge on any atom is 0.410 e. The number of carbonyl (C=O) groups excluding carboxylic acids is 3. The van der Waals surface area contributed by atoms with Crippen molar-refractivity contribution >= 4 is 44.3 Å². The number of nitrogens with one attached hydrogen (secondary N) is 1. The van der Waals surface area contributed by atoms with Crippen LogP contribution in [0.2, 0.25) is 0 Å². The third-order valence-electron chi connectivity index (χ3n) is 8.38. The highest BCUT2D eigenvalue weighted by molar-refractivity contribution is 7.89. The van der Waals surface area contributed by atoms with Gasteiger partial charge in [0.2, 0.25) is 10.0 Å². The minimum Gasteiger partial charge on any atom is -0.462 e. The van der Waals surface area contributed by atoms with Crippen molar-refractivity contribution in [2.45, 2.75) is 77.8 Å². The molecule has 2 aromatic rings. The Bertz CT molecular complexity index is 1500. The van der Waals surface area contributed by atoms with Gasteiger partial charge in [-0.2, -0.15) is 4.31 Å². The maximum atomic E-state index is 13.7. The zero-order valence-electron chi connectivity index (χ0n) is 24.8. The molecule has 1 aromatic carbocycles. The second-order valence-corrected chi connectivity index (χ2v) is 15.5. The Labute approximate surface area is 251 Å². The third kappa shape index (κ3) is 5.80. The number of carbonyl (C=O) groups is 3. The molecule has 1 aromatic heterocycles. The van der Waals surface area contributed by atoms with Crippen molar-refractivity contribution in [1.82, 2.24) is 9.21 Å². The van der Waals surface area contributed by atoms with Crippen molar-refractivity contribution in [3.05, 3.63) is 45.8 Å². The molecule has 1 N–H and O–H groups in total. The average Bonchev–Trinajstić information content (AvgIpc) is 3.41. The molecule has 1 aliphatic carbocycles. The molecule has 3 aliphatic rings. The van der Waals surface area contributed by atoms with Gasteiger partial charge in [0.1, 0.15) is 5.00 Å². The predicted octanol–water partition coefficient (Wildman–Crippen LogP) is 5.28. The van der Waals surface area contributed by atoms with Crippen molar-refractivity contribution in [3.63, 3.8) is 0 Å². The van der Waals surface area contributed by atoms with E-state index in [4.69, 9.17) is 9.47 Å². The number of esters is 1. The molecule has 12 heteroatoms. The number of anilines is 1. The number of sulfonamides is 1. The van der Waals surface area contributed by atoms with Crippen molar-refractivity contribution in [3.8, 4) is 0 Å². The highest BCUT2D eigenvalue weighted by Crippen LogP contribution is 2.53. The first kappa shape index (κ1) is 30.5. The molecule has 2 fully saturated rings. The summed E-state index contributed by atoms with van der Waals surface area (Å²) in [6.07, 6.45) is 2.68. The molecule has 1 saturated carbocycles. The molecule has 1 saturated heterocycles. The first-order chi connectivity index (χ1) is 19.8. The van der Waals surface area contributed by atoms with Gasteiger partial charge in [0.25, 0.3) is 5.91 Å². The van der Waals surface area contributed by atoms with Gasteiger partial charge in [0, 0.05) is 29.6 Å². The van der Waals surface area contributed by atoms with Crippen LogP contribution in [0.1, 0.15) is 85.0 Å². The van der Waals surface area contributed by atoms with E-state index < -0.39 is 28.0 Å². The van der Waals surface area contributed by atoms with Crippen molar-refractivity contribution in [2.75, 3.05) is 31.6 Å². The molecule has 2 unspecified atom stereocenters. The van der Waals surface area contributed by atoms with Crippen LogP contribution in [0.4, 0.5) is 9.80 Å². The Kier molecular flexibility index (Phi) is 8.19. The van der Waals surface area contributed by atoms with Crippen LogP contribution in [0.25, 0.3) is 0 Å². The molecule has 42 heavy (non-hydrogen) atoms. The number of fused-ring (bicyclic) bond motifs is 3. The molecule has 228 valence electrons. The first-order valence-electron chi connectivity index (χ1n) is 14.4. The largest absolute Gasteiger partial charge is 0.462 e. The Balaban J connectivity index is 1.35. The van der Waals surface area contributed by atoms with Crippen LogP contribution in [0.3, 0.4) is 0 Å². The van der Waals surface area contributed by atoms with Gasteiger partial charge in [-0.3, -0.25) is 4.79 Å². The Morgan fingerprint density at radius 2 is 1.74 bits per heavy atom. The van der Waals surface area contributed by atoms with Crippen LogP contribution in [0.5, 0.6) is 0 Å². The van der Waals surface area contributed by atoms with Gasteiger partial charge in [0.15, 0.2) is 0 Å². The lowest BCUT2D eigenvalue weighted by atomic mass is 9.65. The molecule has 2 bridgehead atoms. The summed E-state index contributed by atoms with van der Waals surface area (Å²) in [5.74, 6) is -1.01. The van der Waals surface area contributed by atoms with E-state index in [2.05, 4.69) is 26.1 Å². The standard InChI is InChI=1S/C30H39N3O7S2/c1-6-39-27(35)24-22-12-13-32(28(36)40-7-2)16-23(22)41-26(24)31-25(34)19-8-10-21(11-9-19)42(37,38)33-18-30(5)15-20(33)14-29(3,4)17-30/h8-11,20H,6-7,12-18H2,1-5H3,(H,31,34). The molecule has 10 nitrogen and oxygen atoms in total. The molecular weight excluding hydrogens is 578 g/mol. The van der Waals surface area contributed by atoms with E-state index in [9.17, 15) is 22.8 Å². The number of amides is 2. The molecule has 3 heterocycles. The van der Waals surface area contributed by atoms with Gasteiger partial charge in [-0.15, -0.1) is 11.3 Å². The number of ether oxygens (including phenoxy) is 2. The quantitative estimate of drug-likeness (QED) is 0.420. The maximum absolute atomic E-state index is 13.7. The van der Waals surface area contributed by atoms with Crippen LogP contribution in [0, 0.1) is 10.8 Å². The summed E-state index contributed by atoms with van der Waals surface area (Å²) in [4.78, 5) is 41.0. The van der Waals surface area contributed by atoms with E-state index in [1.54, 1.807) is 23.1 Å². The van der Waals surface area contributed by atoms with Crippen LogP contribution in [-0.2, 0) is 32.5 Å². The zero-order chi connectivity index (χ0) is 30.4. The van der Waals surface area contributed by atoms with Crippen LogP contribution < -0.4 is 5.32 Å². The lowest BCUT2D eigenvalue weighted by molar-refractivity contribution is 0.0526. The third-order valence-corrected chi connectivity index (χ3v) is 11.4. The molecule has 5 rings (SSSR count). The van der Waals surface area contributed by atoms with Gasteiger partial charge in [0.05, 0.1) is 30.2 Å². The molecule has 0 radical (unpaired) electrons. The van der Waals surface area contributed by atoms with E-state index in [1.807, 2.05) is 0 Å². The van der Waals surface area contributed by atoms with Crippen molar-refractivity contribution in [1.29, 1.82) is 0 Å². The summed E-state index contributed by atoms with van der Waals surface area (Å²) in [6, 6.07) is 5.91. The summed E-state index contributed by atoms with van der Waals surface area (Å²) in [6.45, 7) is 11.6. The fourth-order valence-electron chi connectivity index (χ4n) is 7.06. The molecule has 2 atom stereocenters. The van der Waals surface area contributed by atoms with E-state index >= 15 is 0 Å². The Morgan fingerprint density at radius 3 is 2.40 bits per heavy atom. The lowest BCUT2D eigenvalue weighted by Crippen LogP contribution is -2.37. The van der Waals surface area contributed by atoms with Crippen LogP contribution >= 0.6 is 11.3 Å². The molecule has 2 aliphatic heterocycles. The minimum atomic E-state index is -3.73. The average molecular weight is 618 g/mol. The number of hydrogen-bond donors (Lipinski definition) is 1. The predicted molar refractivity (Wildman–Crippen MR) is 159 cm³/mol. The topological polar surface area (TPSA) is 122 Å². The fourth-order valence-corrected chi connectivity index (χ4v) is 10.1. The van der Waals surface area contributed by atoms with Crippen LogP contribution in [0.15, 0.2) is 29.2 Å². The summed E-state index contributed by atoms with van der Waals surface area (Å²) >= 11 is 1.23. The zero-order valence-corrected chi connectivity index (χ0v) is 26.5. The second kappa shape index (κ2) is 11.3. The monoisotopic (exact) mass is 617 g/mol. The SMILES string of the molecule is CCOC(=O)c1c(NC(=O)c2ccc(S(=O)(=O)N3CC4(C)CC3CC(C)(C)C4)cc2)sc2c1CCN(C(=O)OCC)C2. The number of nitrogens with zero attached hydrogens (tertiary/aromatic N) is 2. The van der Waals surface area contributed by atoms with Crippen molar-refractivity contribution in [2.24, 2.45) is 10.8 Å². The fraction of sp³-hybridized carbons (Fsp3) is 0.567. The normalized spacial score (nSPS) is 23.3. The van der Waals surface area contributed by atoms with E-state index in [-0.39, 0.29) is 47.1 Å². The van der Waals surface area contributed by atoms with Crippen molar-refractivity contribution < 1.29 is 32.3 Å². The minimum absolute atomic E-state index is 0.0300. The summed E-state index contributed by atoms with van der Waals surface area (Å²) < 4.78 is 39.4. The highest BCUT2D eigenvalue weighted by atomic mass is 32.2. The second-order valence-electron chi connectivity index (χ2n) is 12.5. The lowest BCUT2D eigenvalue weighted by Gasteiger charge is -2.39. The van der Waals surface area contributed by atoms with Gasteiger partial charge in [-0.25, -0.2) is 18.0 Å². The molecular formula is C30H39N3O7S2. The number of thiophene rings is 1. The highest BCUT2D eigenvalue weighted by Gasteiger charge is 2.53. The van der Waals surface area contributed by atoms with E-state index in [1.165, 1.54) is 35.6 Å². The van der Waals surface area contributed by atoms with Gasteiger partial charge in [-0.1, -0.05) is 20.8 Å². The first-order valence-corrected chi connectivity index (χ1v) is 16.7. The smallest absolute Gasteiger partial charge is 0.410 e. The number of benzene rings is 1. The van der Waals surface area contributed by atoms with Gasteiger partial charge < -0.3 is 19.7 Å². The van der Waals surface area contributed by atoms with Crippen LogP contribution in [-0.4, -0.2) is 67.9 Å². The molecule has 2 amide bonds. The van der Waals surface area contributed by atoms with Gasteiger partial charge in [-0.05, 0) is 80.2 Å². The Hall–Kier alpha value is -2.96. The summed E-state index contributed by atoms with van der Waals surface area (Å²) in [7, 11) is -3.73. The summed E-state index contributed by atoms with van der Waals surface area (Å²) in [5.41, 5.74) is 1.36. The van der Waals surface area contributed by atoms with E-state index in [0.717, 1.165) is 29.7 Å². The van der Waals surface area contributed by atoms with Gasteiger partial charge >= 0.3 is 12.1 Å². The Morgan fingerprint density at radius 1 is 1.05 bits per heavy atom. The molecule has 0 spiro atoms. The number of hydrogen-bond acceptors (Lipinski definition) is 8.